The van der Waals surface area contributed by atoms with E-state index in [2.05, 4.69) is 42.2 Å². The van der Waals surface area contributed by atoms with E-state index < -0.39 is 11.9 Å². The molecule has 4 N–H and O–H groups in total. The zero-order valence-electron chi connectivity index (χ0n) is 22.1. The fourth-order valence-corrected chi connectivity index (χ4v) is 4.81. The lowest BCUT2D eigenvalue weighted by molar-refractivity contribution is 0.0940. The Balaban J connectivity index is 1.42. The number of H-pyrrole nitrogens is 1. The van der Waals surface area contributed by atoms with Gasteiger partial charge in [-0.05, 0) is 42.6 Å². The largest absolute Gasteiger partial charge is 0.381 e. The summed E-state index contributed by atoms with van der Waals surface area (Å²) in [5, 5.41) is 8.40. The van der Waals surface area contributed by atoms with Crippen LogP contribution in [-0.4, -0.2) is 40.0 Å². The van der Waals surface area contributed by atoms with E-state index >= 15 is 0 Å². The number of hydrogen-bond donors (Lipinski definition) is 3. The Hall–Kier alpha value is -5.76. The molecule has 11 nitrogen and oxygen atoms in total. The molecule has 0 saturated heterocycles. The SMILES string of the molecule is CC(NC(=O)c1c(N)nn2cccnc12)c1cc2cccc(C#Cc3cccnc3)c2c(=O)n1CCc1c[nH]cn1. The van der Waals surface area contributed by atoms with E-state index in [0.29, 0.717) is 35.3 Å². The Labute approximate surface area is 234 Å². The Morgan fingerprint density at radius 2 is 2.05 bits per heavy atom. The molecule has 202 valence electrons. The summed E-state index contributed by atoms with van der Waals surface area (Å²) < 4.78 is 3.13. The number of nitrogens with two attached hydrogens (primary N) is 1. The minimum absolute atomic E-state index is 0.0691. The van der Waals surface area contributed by atoms with Gasteiger partial charge in [0.15, 0.2) is 11.5 Å². The monoisotopic (exact) mass is 543 g/mol. The Morgan fingerprint density at radius 1 is 1.15 bits per heavy atom. The maximum absolute atomic E-state index is 14.1. The van der Waals surface area contributed by atoms with Crippen molar-refractivity contribution in [1.29, 1.82) is 0 Å². The van der Waals surface area contributed by atoms with Gasteiger partial charge < -0.3 is 20.6 Å². The van der Waals surface area contributed by atoms with Crippen molar-refractivity contribution < 1.29 is 4.79 Å². The number of amides is 1. The number of aromatic nitrogens is 7. The first-order valence-corrected chi connectivity index (χ1v) is 13.0. The molecule has 0 radical (unpaired) electrons. The minimum atomic E-state index is -0.554. The number of aryl methyl sites for hydroxylation is 1. The number of nitrogens with one attached hydrogen (secondary N) is 2. The molecule has 5 aromatic heterocycles. The fraction of sp³-hybridized carbons (Fsp3) is 0.133. The zero-order chi connectivity index (χ0) is 28.3. The number of fused-ring (bicyclic) bond motifs is 2. The molecule has 1 unspecified atom stereocenters. The Bertz CT molecular complexity index is 2000. The third kappa shape index (κ3) is 5.02. The second kappa shape index (κ2) is 10.8. The molecular formula is C30H25N9O2. The number of imidazole rings is 1. The van der Waals surface area contributed by atoms with Crippen LogP contribution in [0.15, 0.2) is 84.6 Å². The normalized spacial score (nSPS) is 11.7. The van der Waals surface area contributed by atoms with Crippen molar-refractivity contribution in [3.63, 3.8) is 0 Å². The van der Waals surface area contributed by atoms with Crippen LogP contribution in [0.2, 0.25) is 0 Å². The van der Waals surface area contributed by atoms with Gasteiger partial charge in [-0.15, -0.1) is 5.10 Å². The van der Waals surface area contributed by atoms with E-state index in [1.807, 2.05) is 43.3 Å². The molecule has 0 aliphatic rings. The van der Waals surface area contributed by atoms with Crippen LogP contribution < -0.4 is 16.6 Å². The number of pyridine rings is 2. The zero-order valence-corrected chi connectivity index (χ0v) is 22.1. The van der Waals surface area contributed by atoms with Crippen LogP contribution >= 0.6 is 0 Å². The Morgan fingerprint density at radius 3 is 2.85 bits per heavy atom. The molecule has 1 atom stereocenters. The van der Waals surface area contributed by atoms with Gasteiger partial charge in [-0.25, -0.2) is 14.5 Å². The van der Waals surface area contributed by atoms with Gasteiger partial charge in [-0.3, -0.25) is 14.6 Å². The highest BCUT2D eigenvalue weighted by Gasteiger charge is 2.23. The Kier molecular flexibility index (Phi) is 6.71. The van der Waals surface area contributed by atoms with Gasteiger partial charge in [0, 0.05) is 60.8 Å². The third-order valence-electron chi connectivity index (χ3n) is 6.76. The number of rotatable bonds is 6. The molecule has 0 aliphatic heterocycles. The van der Waals surface area contributed by atoms with Gasteiger partial charge in [0.1, 0.15) is 5.56 Å². The quantitative estimate of drug-likeness (QED) is 0.274. The van der Waals surface area contributed by atoms with Crippen LogP contribution in [0.3, 0.4) is 0 Å². The number of carbonyl (C=O) groups is 1. The average molecular weight is 544 g/mol. The van der Waals surface area contributed by atoms with Crippen LogP contribution in [0.5, 0.6) is 0 Å². The maximum atomic E-state index is 14.1. The van der Waals surface area contributed by atoms with Gasteiger partial charge >= 0.3 is 0 Å². The number of anilines is 1. The molecule has 0 aliphatic carbocycles. The summed E-state index contributed by atoms with van der Waals surface area (Å²) in [7, 11) is 0. The molecule has 6 aromatic rings. The maximum Gasteiger partial charge on any atom is 0.259 e. The molecule has 6 rings (SSSR count). The fourth-order valence-electron chi connectivity index (χ4n) is 4.81. The highest BCUT2D eigenvalue weighted by Crippen LogP contribution is 2.23. The smallest absolute Gasteiger partial charge is 0.259 e. The van der Waals surface area contributed by atoms with Gasteiger partial charge in [0.2, 0.25) is 0 Å². The first-order valence-electron chi connectivity index (χ1n) is 13.0. The van der Waals surface area contributed by atoms with Crippen molar-refractivity contribution in [2.24, 2.45) is 0 Å². The number of carbonyl (C=O) groups excluding carboxylic acids is 1. The molecule has 5 heterocycles. The second-order valence-corrected chi connectivity index (χ2v) is 9.44. The predicted molar refractivity (Wildman–Crippen MR) is 154 cm³/mol. The summed E-state index contributed by atoms with van der Waals surface area (Å²) in [5.41, 5.74) is 9.19. The predicted octanol–water partition coefficient (Wildman–Crippen LogP) is 2.88. The first kappa shape index (κ1) is 25.5. The number of benzene rings is 1. The number of nitrogens with zero attached hydrogens (tertiary/aromatic N) is 6. The number of hydrogen-bond acceptors (Lipinski definition) is 7. The molecular weight excluding hydrogens is 518 g/mol. The summed E-state index contributed by atoms with van der Waals surface area (Å²) in [5.74, 6) is 5.87. The van der Waals surface area contributed by atoms with E-state index in [-0.39, 0.29) is 16.9 Å². The molecule has 1 amide bonds. The van der Waals surface area contributed by atoms with Gasteiger partial charge in [0.05, 0.1) is 23.4 Å². The van der Waals surface area contributed by atoms with Crippen LogP contribution in [0.25, 0.3) is 16.4 Å². The van der Waals surface area contributed by atoms with Crippen molar-refractivity contribution in [2.45, 2.75) is 25.9 Å². The number of nitrogen functional groups attached to an aromatic ring is 1. The van der Waals surface area contributed by atoms with Crippen LogP contribution in [0.1, 0.15) is 45.8 Å². The van der Waals surface area contributed by atoms with Crippen molar-refractivity contribution in [3.8, 4) is 11.8 Å². The molecule has 0 saturated carbocycles. The summed E-state index contributed by atoms with van der Waals surface area (Å²) in [6.45, 7) is 2.17. The van der Waals surface area contributed by atoms with Gasteiger partial charge in [0.25, 0.3) is 11.5 Å². The van der Waals surface area contributed by atoms with Crippen LogP contribution in [-0.2, 0) is 13.0 Å². The van der Waals surface area contributed by atoms with Gasteiger partial charge in [-0.2, -0.15) is 0 Å². The van der Waals surface area contributed by atoms with Crippen molar-refractivity contribution in [2.75, 3.05) is 5.73 Å². The molecule has 41 heavy (non-hydrogen) atoms. The first-order chi connectivity index (χ1) is 20.0. The van der Waals surface area contributed by atoms with Crippen molar-refractivity contribution >= 4 is 28.1 Å². The van der Waals surface area contributed by atoms with E-state index in [0.717, 1.165) is 16.6 Å². The summed E-state index contributed by atoms with van der Waals surface area (Å²) in [6, 6.07) is 12.3. The van der Waals surface area contributed by atoms with E-state index in [1.54, 1.807) is 47.9 Å². The standard InChI is InChI=1S/C30H25N9O2/c1-19(36-29(40)26-27(31)37-39-13-4-12-34-28(26)39)24-15-22-7-2-6-21(9-8-20-5-3-11-32-16-20)25(22)30(41)38(24)14-10-23-17-33-18-35-23/h2-7,11-13,15-19H,10,14H2,1H3,(H2,31,37)(H,33,35)(H,36,40). The van der Waals surface area contributed by atoms with Crippen LogP contribution in [0.4, 0.5) is 5.82 Å². The summed E-state index contributed by atoms with van der Waals surface area (Å²) in [6.07, 6.45) is 10.5. The lowest BCUT2D eigenvalue weighted by Gasteiger charge is -2.21. The average Bonchev–Trinajstić information content (AvgIpc) is 3.62. The molecule has 0 bridgehead atoms. The van der Waals surface area contributed by atoms with Crippen molar-refractivity contribution in [3.05, 3.63) is 118 Å². The molecule has 11 heteroatoms. The topological polar surface area (TPSA) is 149 Å². The van der Waals surface area contributed by atoms with Crippen molar-refractivity contribution in [1.82, 2.24) is 39.4 Å². The lowest BCUT2D eigenvalue weighted by atomic mass is 10.0. The molecule has 1 aromatic carbocycles. The second-order valence-electron chi connectivity index (χ2n) is 9.44. The molecule has 0 spiro atoms. The lowest BCUT2D eigenvalue weighted by Crippen LogP contribution is -2.33. The van der Waals surface area contributed by atoms with E-state index in [9.17, 15) is 9.59 Å². The summed E-state index contributed by atoms with van der Waals surface area (Å²) >= 11 is 0. The van der Waals surface area contributed by atoms with E-state index in [1.165, 1.54) is 4.52 Å². The van der Waals surface area contributed by atoms with Gasteiger partial charge in [-0.1, -0.05) is 24.0 Å². The minimum Gasteiger partial charge on any atom is -0.381 e. The summed E-state index contributed by atoms with van der Waals surface area (Å²) in [4.78, 5) is 43.1. The third-order valence-corrected chi connectivity index (χ3v) is 6.76. The highest BCUT2D eigenvalue weighted by atomic mass is 16.2. The van der Waals surface area contributed by atoms with E-state index in [4.69, 9.17) is 5.73 Å². The molecule has 0 fully saturated rings. The highest BCUT2D eigenvalue weighted by molar-refractivity contribution is 6.04. The van der Waals surface area contributed by atoms with Crippen LogP contribution in [0, 0.1) is 11.8 Å². The number of aromatic amines is 1.